The summed E-state index contributed by atoms with van der Waals surface area (Å²) < 4.78 is 189. The molecule has 1 aliphatic rings. The number of allylic oxidation sites excluding steroid dienone is 1. The number of hydrogen-bond acceptors (Lipinski definition) is 2. The second-order valence-corrected chi connectivity index (χ2v) is 7.04. The van der Waals surface area contributed by atoms with Gasteiger partial charge in [0, 0.05) is 5.02 Å². The van der Waals surface area contributed by atoms with E-state index in [0.29, 0.717) is 6.07 Å². The minimum absolute atomic E-state index is 0.0340. The van der Waals surface area contributed by atoms with E-state index in [9.17, 15) is 71.4 Å². The maximum Gasteiger partial charge on any atom is 0.417 e. The van der Waals surface area contributed by atoms with Crippen LogP contribution in [0.2, 0.25) is 5.02 Å². The first-order valence-corrected chi connectivity index (χ1v) is 8.19. The Labute approximate surface area is 177 Å². The van der Waals surface area contributed by atoms with E-state index in [1.165, 1.54) is 0 Å². The van der Waals surface area contributed by atoms with Crippen molar-refractivity contribution < 1.29 is 71.4 Å². The molecule has 1 fully saturated rings. The van der Waals surface area contributed by atoms with Crippen LogP contribution in [0.3, 0.4) is 0 Å². The third-order valence-corrected chi connectivity index (χ3v) is 4.97. The number of ketones is 1. The lowest BCUT2D eigenvalue weighted by atomic mass is 9.74. The molecule has 1 aromatic rings. The largest absolute Gasteiger partial charge is 0.872 e. The monoisotopic (exact) mass is 529 g/mol. The minimum atomic E-state index is -7.55. The van der Waals surface area contributed by atoms with Crippen LogP contribution < -0.4 is 5.11 Å². The molecule has 33 heavy (non-hydrogen) atoms. The lowest BCUT2D eigenvalue weighted by Gasteiger charge is -2.37. The maximum atomic E-state index is 14.0. The van der Waals surface area contributed by atoms with Gasteiger partial charge in [-0.3, -0.25) is 4.79 Å². The third kappa shape index (κ3) is 3.19. The summed E-state index contributed by atoms with van der Waals surface area (Å²) in [5, 5.41) is 11.2. The molecule has 0 heterocycles. The van der Waals surface area contributed by atoms with Gasteiger partial charge in [-0.15, -0.1) is 0 Å². The molecule has 0 saturated heterocycles. The molecule has 0 radical (unpaired) electrons. The van der Waals surface area contributed by atoms with Crippen LogP contribution in [0, 0.1) is 5.41 Å². The SMILES string of the molecule is O=C(/C=C(\[O-])c1ccc(Cl)cc1C(F)(F)F)C1(C(F)(F)F)C(F)(F)C(F)(F)C(F)(F)C1(F)F. The van der Waals surface area contributed by atoms with Crippen LogP contribution in [0.4, 0.5) is 61.5 Å². The summed E-state index contributed by atoms with van der Waals surface area (Å²) >= 11 is 5.25. The van der Waals surface area contributed by atoms with E-state index in [1.807, 2.05) is 0 Å². The first-order valence-electron chi connectivity index (χ1n) is 7.81. The molecule has 1 saturated carbocycles. The Morgan fingerprint density at radius 2 is 1.24 bits per heavy atom. The van der Waals surface area contributed by atoms with E-state index in [-0.39, 0.29) is 12.1 Å². The van der Waals surface area contributed by atoms with Gasteiger partial charge in [0.15, 0.2) is 5.78 Å². The van der Waals surface area contributed by atoms with E-state index in [1.54, 1.807) is 0 Å². The summed E-state index contributed by atoms with van der Waals surface area (Å²) in [6.45, 7) is 0. The van der Waals surface area contributed by atoms with Crippen molar-refractivity contribution in [2.45, 2.75) is 36.0 Å². The molecule has 1 aliphatic carbocycles. The number of rotatable bonds is 3. The van der Waals surface area contributed by atoms with Gasteiger partial charge >= 0.3 is 36.0 Å². The number of benzene rings is 1. The van der Waals surface area contributed by atoms with Gasteiger partial charge in [0.2, 0.25) is 0 Å². The molecule has 0 bridgehead atoms. The Morgan fingerprint density at radius 3 is 1.61 bits per heavy atom. The van der Waals surface area contributed by atoms with Crippen LogP contribution in [-0.4, -0.2) is 35.6 Å². The smallest absolute Gasteiger partial charge is 0.417 e. The van der Waals surface area contributed by atoms with Gasteiger partial charge in [-0.2, -0.15) is 61.5 Å². The summed E-state index contributed by atoms with van der Waals surface area (Å²) in [5.41, 5.74) is -11.1. The molecule has 1 aromatic carbocycles. The van der Waals surface area contributed by atoms with Crippen LogP contribution in [0.25, 0.3) is 5.76 Å². The van der Waals surface area contributed by atoms with Crippen LogP contribution in [0.1, 0.15) is 11.1 Å². The number of halogens is 15. The Hall–Kier alpha value is -2.26. The summed E-state index contributed by atoms with van der Waals surface area (Å²) in [7, 11) is 0. The molecule has 2 nitrogen and oxygen atoms in total. The topological polar surface area (TPSA) is 40.1 Å². The van der Waals surface area contributed by atoms with Gasteiger partial charge in [-0.25, -0.2) is 0 Å². The maximum absolute atomic E-state index is 14.0. The van der Waals surface area contributed by atoms with Crippen molar-refractivity contribution in [3.63, 3.8) is 0 Å². The highest BCUT2D eigenvalue weighted by molar-refractivity contribution is 6.30. The van der Waals surface area contributed by atoms with Gasteiger partial charge in [-0.05, 0) is 23.8 Å². The lowest BCUT2D eigenvalue weighted by molar-refractivity contribution is -0.341. The number of hydrogen-bond donors (Lipinski definition) is 0. The number of alkyl halides is 14. The number of carbonyl (C=O) groups excluding carboxylic acids is 1. The van der Waals surface area contributed by atoms with Crippen molar-refractivity contribution in [3.05, 3.63) is 40.4 Å². The van der Waals surface area contributed by atoms with Crippen LogP contribution >= 0.6 is 11.6 Å². The quantitative estimate of drug-likeness (QED) is 0.285. The van der Waals surface area contributed by atoms with Gasteiger partial charge in [0.1, 0.15) is 0 Å². The normalized spacial score (nSPS) is 23.4. The second kappa shape index (κ2) is 7.12. The van der Waals surface area contributed by atoms with Crippen LogP contribution in [-0.2, 0) is 11.0 Å². The summed E-state index contributed by atoms with van der Waals surface area (Å²) in [6, 6.07) is 0.530. The molecule has 0 spiro atoms. The van der Waals surface area contributed by atoms with Gasteiger partial charge in [-0.1, -0.05) is 23.4 Å². The van der Waals surface area contributed by atoms with Crippen molar-refractivity contribution in [2.75, 3.05) is 0 Å². The Bertz CT molecular complexity index is 979. The van der Waals surface area contributed by atoms with Crippen molar-refractivity contribution in [3.8, 4) is 0 Å². The second-order valence-electron chi connectivity index (χ2n) is 6.61. The lowest BCUT2D eigenvalue weighted by Crippen LogP contribution is -2.64. The predicted octanol–water partition coefficient (Wildman–Crippen LogP) is 5.73. The van der Waals surface area contributed by atoms with E-state index in [2.05, 4.69) is 0 Å². The Kier molecular flexibility index (Phi) is 5.82. The fourth-order valence-corrected chi connectivity index (χ4v) is 3.31. The zero-order chi connectivity index (χ0) is 26.2. The molecule has 0 N–H and O–H groups in total. The highest BCUT2D eigenvalue weighted by atomic mass is 35.5. The molecular weight excluding hydrogens is 526 g/mol. The first-order chi connectivity index (χ1) is 14.4. The van der Waals surface area contributed by atoms with E-state index < -0.39 is 75.2 Å². The molecule has 0 aromatic heterocycles. The zero-order valence-corrected chi connectivity index (χ0v) is 15.6. The highest BCUT2D eigenvalue weighted by Crippen LogP contribution is 2.75. The van der Waals surface area contributed by atoms with E-state index >= 15 is 0 Å². The Balaban J connectivity index is 2.89. The van der Waals surface area contributed by atoms with Crippen LogP contribution in [0.15, 0.2) is 24.3 Å². The summed E-state index contributed by atoms with van der Waals surface area (Å²) in [6.07, 6.45) is -14.5. The molecular formula is C16H4ClF14O2-. The summed E-state index contributed by atoms with van der Waals surface area (Å²) in [5.74, 6) is -36.7. The molecule has 0 aliphatic heterocycles. The molecule has 186 valence electrons. The molecule has 0 unspecified atom stereocenters. The zero-order valence-electron chi connectivity index (χ0n) is 14.8. The standard InChI is InChI=1S/C16H5ClF14O2/c17-5-1-2-6(7(3-5)11(18,19)20)8(32)4-9(33)10(16(29,30)31)12(21,22)14(25,26)15(27,28)13(10,23)24/h1-4,32H/p-1/b8-4-. The summed E-state index contributed by atoms with van der Waals surface area (Å²) in [4.78, 5) is 11.9. The average Bonchev–Trinajstić information content (AvgIpc) is 2.64. The average molecular weight is 530 g/mol. The first kappa shape index (κ1) is 27.0. The molecule has 0 atom stereocenters. The van der Waals surface area contributed by atoms with E-state index in [0.717, 1.165) is 0 Å². The fourth-order valence-electron chi connectivity index (χ4n) is 3.14. The minimum Gasteiger partial charge on any atom is -0.872 e. The molecule has 0 amide bonds. The highest BCUT2D eigenvalue weighted by Gasteiger charge is 3.06. The Morgan fingerprint density at radius 1 is 0.818 bits per heavy atom. The fraction of sp³-hybridized carbons (Fsp3) is 0.438. The molecule has 17 heteroatoms. The van der Waals surface area contributed by atoms with Crippen molar-refractivity contribution in [2.24, 2.45) is 5.41 Å². The molecule has 2 rings (SSSR count). The van der Waals surface area contributed by atoms with Crippen molar-refractivity contribution in [1.82, 2.24) is 0 Å². The van der Waals surface area contributed by atoms with Crippen molar-refractivity contribution in [1.29, 1.82) is 0 Å². The van der Waals surface area contributed by atoms with Gasteiger partial charge in [0.25, 0.3) is 5.41 Å². The van der Waals surface area contributed by atoms with Crippen LogP contribution in [0.5, 0.6) is 0 Å². The van der Waals surface area contributed by atoms with E-state index in [4.69, 9.17) is 11.6 Å². The van der Waals surface area contributed by atoms with Gasteiger partial charge < -0.3 is 5.11 Å². The third-order valence-electron chi connectivity index (χ3n) is 4.73. The van der Waals surface area contributed by atoms with Gasteiger partial charge in [0.05, 0.1) is 5.56 Å². The predicted molar refractivity (Wildman–Crippen MR) is 77.7 cm³/mol. The number of carbonyl (C=O) groups is 1. The van der Waals surface area contributed by atoms with Crippen molar-refractivity contribution >= 4 is 23.1 Å².